The molecule has 1 aromatic rings. The van der Waals surface area contributed by atoms with Gasteiger partial charge in [0.15, 0.2) is 0 Å². The standard InChI is InChI=1S/C10H16N2O2/c1-5-8-7(3)11-12(4)9(8)10(13)14-6-2/h5-6H2,1-4H3. The van der Waals surface area contributed by atoms with Crippen LogP contribution >= 0.6 is 0 Å². The van der Waals surface area contributed by atoms with Crippen LogP contribution < -0.4 is 0 Å². The molecule has 0 amide bonds. The molecule has 0 spiro atoms. The summed E-state index contributed by atoms with van der Waals surface area (Å²) in [6.45, 7) is 6.10. The lowest BCUT2D eigenvalue weighted by Crippen LogP contribution is -2.12. The van der Waals surface area contributed by atoms with E-state index in [1.54, 1.807) is 18.7 Å². The van der Waals surface area contributed by atoms with E-state index in [0.717, 1.165) is 17.7 Å². The molecule has 1 heterocycles. The second kappa shape index (κ2) is 4.26. The molecule has 0 aliphatic carbocycles. The number of rotatable bonds is 3. The van der Waals surface area contributed by atoms with Crippen molar-refractivity contribution in [1.29, 1.82) is 0 Å². The fraction of sp³-hybridized carbons (Fsp3) is 0.600. The number of nitrogens with zero attached hydrogens (tertiary/aromatic N) is 2. The molecular formula is C10H16N2O2. The van der Waals surface area contributed by atoms with Gasteiger partial charge < -0.3 is 4.74 Å². The first-order valence-electron chi connectivity index (χ1n) is 4.81. The van der Waals surface area contributed by atoms with Gasteiger partial charge in [-0.15, -0.1) is 0 Å². The van der Waals surface area contributed by atoms with Gasteiger partial charge in [0.2, 0.25) is 0 Å². The third-order valence-corrected chi connectivity index (χ3v) is 2.17. The topological polar surface area (TPSA) is 44.1 Å². The van der Waals surface area contributed by atoms with E-state index in [1.165, 1.54) is 0 Å². The summed E-state index contributed by atoms with van der Waals surface area (Å²) in [5.41, 5.74) is 2.45. The molecular weight excluding hydrogens is 180 g/mol. The lowest BCUT2D eigenvalue weighted by atomic mass is 10.1. The van der Waals surface area contributed by atoms with Gasteiger partial charge in [-0.25, -0.2) is 4.79 Å². The Bertz CT molecular complexity index is 342. The van der Waals surface area contributed by atoms with Gasteiger partial charge in [-0.3, -0.25) is 4.68 Å². The Morgan fingerprint density at radius 3 is 2.64 bits per heavy atom. The molecule has 0 aliphatic rings. The second-order valence-corrected chi connectivity index (χ2v) is 3.11. The number of esters is 1. The predicted octanol–water partition coefficient (Wildman–Crippen LogP) is 1.47. The number of carbonyl (C=O) groups excluding carboxylic acids is 1. The van der Waals surface area contributed by atoms with Crippen LogP contribution in [0, 0.1) is 6.92 Å². The van der Waals surface area contributed by atoms with Gasteiger partial charge in [0.1, 0.15) is 5.69 Å². The van der Waals surface area contributed by atoms with Gasteiger partial charge in [0.05, 0.1) is 12.3 Å². The lowest BCUT2D eigenvalue weighted by Gasteiger charge is -2.03. The van der Waals surface area contributed by atoms with Gasteiger partial charge in [-0.05, 0) is 20.3 Å². The van der Waals surface area contributed by atoms with Gasteiger partial charge in [0.25, 0.3) is 0 Å². The Labute approximate surface area is 83.9 Å². The molecule has 0 aliphatic heterocycles. The summed E-state index contributed by atoms with van der Waals surface area (Å²) in [7, 11) is 1.76. The molecule has 78 valence electrons. The first kappa shape index (κ1) is 10.8. The maximum Gasteiger partial charge on any atom is 0.356 e. The highest BCUT2D eigenvalue weighted by Crippen LogP contribution is 2.14. The maximum absolute atomic E-state index is 11.6. The molecule has 1 aromatic heterocycles. The number of aryl methyl sites for hydroxylation is 2. The highest BCUT2D eigenvalue weighted by Gasteiger charge is 2.19. The Balaban J connectivity index is 3.11. The van der Waals surface area contributed by atoms with Crippen molar-refractivity contribution in [1.82, 2.24) is 9.78 Å². The fourth-order valence-electron chi connectivity index (χ4n) is 1.58. The number of hydrogen-bond donors (Lipinski definition) is 0. The molecule has 4 heteroatoms. The van der Waals surface area contributed by atoms with Gasteiger partial charge in [-0.1, -0.05) is 6.92 Å². The normalized spacial score (nSPS) is 10.3. The molecule has 14 heavy (non-hydrogen) atoms. The van der Waals surface area contributed by atoms with E-state index in [4.69, 9.17) is 4.74 Å². The molecule has 0 radical (unpaired) electrons. The summed E-state index contributed by atoms with van der Waals surface area (Å²) in [4.78, 5) is 11.6. The second-order valence-electron chi connectivity index (χ2n) is 3.11. The average Bonchev–Trinajstić information content (AvgIpc) is 2.40. The van der Waals surface area contributed by atoms with Crippen LogP contribution in [0.25, 0.3) is 0 Å². The van der Waals surface area contributed by atoms with E-state index in [-0.39, 0.29) is 5.97 Å². The average molecular weight is 196 g/mol. The van der Waals surface area contributed by atoms with E-state index >= 15 is 0 Å². The predicted molar refractivity (Wildman–Crippen MR) is 53.3 cm³/mol. The zero-order chi connectivity index (χ0) is 10.7. The zero-order valence-corrected chi connectivity index (χ0v) is 9.13. The quantitative estimate of drug-likeness (QED) is 0.687. The van der Waals surface area contributed by atoms with Crippen molar-refractivity contribution in [2.75, 3.05) is 6.61 Å². The SMILES string of the molecule is CCOC(=O)c1c(CC)c(C)nn1C. The van der Waals surface area contributed by atoms with Gasteiger partial charge >= 0.3 is 5.97 Å². The summed E-state index contributed by atoms with van der Waals surface area (Å²) in [6.07, 6.45) is 0.799. The summed E-state index contributed by atoms with van der Waals surface area (Å²) in [5, 5.41) is 4.20. The molecule has 0 bridgehead atoms. The molecule has 0 saturated heterocycles. The van der Waals surface area contributed by atoms with Crippen molar-refractivity contribution in [3.63, 3.8) is 0 Å². The minimum atomic E-state index is -0.285. The fourth-order valence-corrected chi connectivity index (χ4v) is 1.58. The van der Waals surface area contributed by atoms with Crippen LogP contribution in [0.1, 0.15) is 35.6 Å². The number of aromatic nitrogens is 2. The molecule has 0 unspecified atom stereocenters. The minimum absolute atomic E-state index is 0.285. The summed E-state index contributed by atoms with van der Waals surface area (Å²) in [5.74, 6) is -0.285. The molecule has 0 N–H and O–H groups in total. The van der Waals surface area contributed by atoms with E-state index in [2.05, 4.69) is 5.10 Å². The molecule has 0 saturated carbocycles. The lowest BCUT2D eigenvalue weighted by molar-refractivity contribution is 0.0512. The van der Waals surface area contributed by atoms with Gasteiger partial charge in [-0.2, -0.15) is 5.10 Å². The van der Waals surface area contributed by atoms with Crippen LogP contribution in [-0.4, -0.2) is 22.4 Å². The molecule has 1 rings (SSSR count). The first-order valence-corrected chi connectivity index (χ1v) is 4.81. The van der Waals surface area contributed by atoms with Crippen LogP contribution in [-0.2, 0) is 18.2 Å². The smallest absolute Gasteiger partial charge is 0.356 e. The number of ether oxygens (including phenoxy) is 1. The van der Waals surface area contributed by atoms with Crippen LogP contribution in [0.2, 0.25) is 0 Å². The Hall–Kier alpha value is -1.32. The Morgan fingerprint density at radius 2 is 2.14 bits per heavy atom. The van der Waals surface area contributed by atoms with Crippen molar-refractivity contribution in [2.24, 2.45) is 7.05 Å². The highest BCUT2D eigenvalue weighted by atomic mass is 16.5. The summed E-state index contributed by atoms with van der Waals surface area (Å²) < 4.78 is 6.55. The summed E-state index contributed by atoms with van der Waals surface area (Å²) in [6, 6.07) is 0. The first-order chi connectivity index (χ1) is 6.61. The zero-order valence-electron chi connectivity index (χ0n) is 9.13. The summed E-state index contributed by atoms with van der Waals surface area (Å²) >= 11 is 0. The third-order valence-electron chi connectivity index (χ3n) is 2.17. The van der Waals surface area contributed by atoms with Crippen molar-refractivity contribution >= 4 is 5.97 Å². The van der Waals surface area contributed by atoms with E-state index < -0.39 is 0 Å². The molecule has 0 atom stereocenters. The van der Waals surface area contributed by atoms with Crippen LogP contribution in [0.4, 0.5) is 0 Å². The third kappa shape index (κ3) is 1.78. The van der Waals surface area contributed by atoms with Crippen LogP contribution in [0.5, 0.6) is 0 Å². The minimum Gasteiger partial charge on any atom is -0.461 e. The van der Waals surface area contributed by atoms with Gasteiger partial charge in [0, 0.05) is 12.6 Å². The Morgan fingerprint density at radius 1 is 1.50 bits per heavy atom. The molecule has 0 fully saturated rings. The Kier molecular flexibility index (Phi) is 3.28. The number of carbonyl (C=O) groups is 1. The van der Waals surface area contributed by atoms with Crippen LogP contribution in [0.15, 0.2) is 0 Å². The van der Waals surface area contributed by atoms with E-state index in [9.17, 15) is 4.79 Å². The maximum atomic E-state index is 11.6. The van der Waals surface area contributed by atoms with Crippen LogP contribution in [0.3, 0.4) is 0 Å². The highest BCUT2D eigenvalue weighted by molar-refractivity contribution is 5.89. The monoisotopic (exact) mass is 196 g/mol. The van der Waals surface area contributed by atoms with E-state index in [1.807, 2.05) is 13.8 Å². The molecule has 4 nitrogen and oxygen atoms in total. The number of hydrogen-bond acceptors (Lipinski definition) is 3. The van der Waals surface area contributed by atoms with Crippen molar-refractivity contribution in [3.05, 3.63) is 17.0 Å². The molecule has 0 aromatic carbocycles. The van der Waals surface area contributed by atoms with E-state index in [0.29, 0.717) is 12.3 Å². The largest absolute Gasteiger partial charge is 0.461 e. The van der Waals surface area contributed by atoms with Crippen molar-refractivity contribution < 1.29 is 9.53 Å². The van der Waals surface area contributed by atoms with Crippen molar-refractivity contribution in [3.8, 4) is 0 Å². The van der Waals surface area contributed by atoms with Crippen molar-refractivity contribution in [2.45, 2.75) is 27.2 Å².